The normalized spacial score (nSPS) is 20.2. The largest absolute Gasteiger partial charge is 0.343 e. The molecule has 1 saturated heterocycles. The molecule has 0 saturated carbocycles. The number of unbranched alkanes of at least 4 members (excludes halogenated alkanes) is 1. The SMILES string of the molecule is CCC(C)C(S)CCCCN1CCCC1=O. The molecule has 2 atom stereocenters. The molecule has 2 unspecified atom stereocenters. The Kier molecular flexibility index (Phi) is 6.25. The van der Waals surface area contributed by atoms with Gasteiger partial charge in [-0.3, -0.25) is 4.79 Å². The third kappa shape index (κ3) is 4.36. The summed E-state index contributed by atoms with van der Waals surface area (Å²) in [5.41, 5.74) is 0. The second kappa shape index (κ2) is 7.21. The first-order valence-corrected chi connectivity index (χ1v) is 7.12. The van der Waals surface area contributed by atoms with Crippen molar-refractivity contribution in [3.8, 4) is 0 Å². The average Bonchev–Trinajstić information content (AvgIpc) is 2.69. The first-order chi connectivity index (χ1) is 7.65. The number of carbonyl (C=O) groups excluding carboxylic acids is 1. The molecule has 0 spiro atoms. The molecule has 1 heterocycles. The van der Waals surface area contributed by atoms with Gasteiger partial charge in [0.1, 0.15) is 0 Å². The van der Waals surface area contributed by atoms with Crippen LogP contribution in [0.2, 0.25) is 0 Å². The zero-order chi connectivity index (χ0) is 12.0. The molecular weight excluding hydrogens is 218 g/mol. The van der Waals surface area contributed by atoms with Gasteiger partial charge in [0, 0.05) is 24.8 Å². The van der Waals surface area contributed by atoms with Gasteiger partial charge in [-0.25, -0.2) is 0 Å². The lowest BCUT2D eigenvalue weighted by Gasteiger charge is -2.19. The predicted octanol–water partition coefficient (Wildman–Crippen LogP) is 3.12. The van der Waals surface area contributed by atoms with E-state index in [9.17, 15) is 4.79 Å². The van der Waals surface area contributed by atoms with Crippen LogP contribution >= 0.6 is 12.6 Å². The Balaban J connectivity index is 2.05. The number of carbonyl (C=O) groups is 1. The van der Waals surface area contributed by atoms with Crippen molar-refractivity contribution in [1.29, 1.82) is 0 Å². The van der Waals surface area contributed by atoms with Gasteiger partial charge >= 0.3 is 0 Å². The Bertz CT molecular complexity index is 220. The maximum absolute atomic E-state index is 11.4. The Labute approximate surface area is 105 Å². The molecule has 1 fully saturated rings. The van der Waals surface area contributed by atoms with Crippen molar-refractivity contribution in [2.75, 3.05) is 13.1 Å². The molecule has 2 nitrogen and oxygen atoms in total. The van der Waals surface area contributed by atoms with Gasteiger partial charge in [-0.2, -0.15) is 12.6 Å². The second-order valence-electron chi connectivity index (χ2n) is 4.93. The molecule has 0 N–H and O–H groups in total. The van der Waals surface area contributed by atoms with E-state index in [2.05, 4.69) is 26.5 Å². The van der Waals surface area contributed by atoms with Crippen molar-refractivity contribution in [2.24, 2.45) is 5.92 Å². The number of hydrogen-bond donors (Lipinski definition) is 1. The maximum Gasteiger partial charge on any atom is 0.222 e. The molecule has 1 aliphatic rings. The number of amides is 1. The van der Waals surface area contributed by atoms with Gasteiger partial charge in [0.25, 0.3) is 0 Å². The lowest BCUT2D eigenvalue weighted by Crippen LogP contribution is -2.25. The number of likely N-dealkylation sites (tertiary alicyclic amines) is 1. The van der Waals surface area contributed by atoms with Gasteiger partial charge in [0.05, 0.1) is 0 Å². The smallest absolute Gasteiger partial charge is 0.222 e. The number of nitrogens with zero attached hydrogens (tertiary/aromatic N) is 1. The second-order valence-corrected chi connectivity index (χ2v) is 5.60. The van der Waals surface area contributed by atoms with E-state index in [1.54, 1.807) is 0 Å². The van der Waals surface area contributed by atoms with E-state index in [0.717, 1.165) is 32.4 Å². The summed E-state index contributed by atoms with van der Waals surface area (Å²) in [5, 5.41) is 0.527. The highest BCUT2D eigenvalue weighted by Crippen LogP contribution is 2.19. The summed E-state index contributed by atoms with van der Waals surface area (Å²) < 4.78 is 0. The monoisotopic (exact) mass is 243 g/mol. The van der Waals surface area contributed by atoms with Crippen molar-refractivity contribution in [1.82, 2.24) is 4.90 Å². The maximum atomic E-state index is 11.4. The van der Waals surface area contributed by atoms with E-state index in [1.165, 1.54) is 19.3 Å². The highest BCUT2D eigenvalue weighted by molar-refractivity contribution is 7.81. The van der Waals surface area contributed by atoms with Gasteiger partial charge in [0.2, 0.25) is 5.91 Å². The minimum Gasteiger partial charge on any atom is -0.343 e. The fourth-order valence-electron chi connectivity index (χ4n) is 2.15. The van der Waals surface area contributed by atoms with Crippen LogP contribution in [0.15, 0.2) is 0 Å². The molecule has 0 bridgehead atoms. The summed E-state index contributed by atoms with van der Waals surface area (Å²) in [6.07, 6.45) is 6.55. The molecule has 0 aliphatic carbocycles. The van der Waals surface area contributed by atoms with Gasteiger partial charge in [-0.05, 0) is 25.2 Å². The van der Waals surface area contributed by atoms with E-state index >= 15 is 0 Å². The van der Waals surface area contributed by atoms with Gasteiger partial charge in [-0.1, -0.05) is 26.7 Å². The van der Waals surface area contributed by atoms with Gasteiger partial charge < -0.3 is 4.90 Å². The Morgan fingerprint density at radius 1 is 1.44 bits per heavy atom. The first kappa shape index (κ1) is 13.9. The van der Waals surface area contributed by atoms with Crippen LogP contribution in [-0.4, -0.2) is 29.1 Å². The minimum absolute atomic E-state index is 0.351. The number of rotatable bonds is 7. The number of thiol groups is 1. The Morgan fingerprint density at radius 3 is 2.75 bits per heavy atom. The lowest BCUT2D eigenvalue weighted by molar-refractivity contribution is -0.127. The van der Waals surface area contributed by atoms with E-state index in [-0.39, 0.29) is 0 Å². The molecule has 0 aromatic rings. The molecule has 16 heavy (non-hydrogen) atoms. The summed E-state index contributed by atoms with van der Waals surface area (Å²) in [6, 6.07) is 0. The van der Waals surface area contributed by atoms with Crippen molar-refractivity contribution < 1.29 is 4.79 Å². The summed E-state index contributed by atoms with van der Waals surface area (Å²) in [7, 11) is 0. The molecule has 0 aromatic carbocycles. The average molecular weight is 243 g/mol. The summed E-state index contributed by atoms with van der Waals surface area (Å²) in [6.45, 7) is 6.42. The lowest BCUT2D eigenvalue weighted by atomic mass is 10.00. The third-order valence-corrected chi connectivity index (χ3v) is 4.42. The fourth-order valence-corrected chi connectivity index (χ4v) is 2.55. The van der Waals surface area contributed by atoms with Gasteiger partial charge in [-0.15, -0.1) is 0 Å². The van der Waals surface area contributed by atoms with E-state index in [1.807, 2.05) is 4.90 Å². The van der Waals surface area contributed by atoms with Crippen molar-refractivity contribution in [3.05, 3.63) is 0 Å². The molecule has 0 aromatic heterocycles. The highest BCUT2D eigenvalue weighted by Gasteiger charge is 2.19. The molecule has 94 valence electrons. The van der Waals surface area contributed by atoms with Crippen molar-refractivity contribution in [3.63, 3.8) is 0 Å². The minimum atomic E-state index is 0.351. The zero-order valence-electron chi connectivity index (χ0n) is 10.6. The Hall–Kier alpha value is -0.180. The van der Waals surface area contributed by atoms with Crippen molar-refractivity contribution >= 4 is 18.5 Å². The van der Waals surface area contributed by atoms with Crippen LogP contribution in [0.1, 0.15) is 52.4 Å². The van der Waals surface area contributed by atoms with Crippen LogP contribution in [0.25, 0.3) is 0 Å². The molecule has 1 amide bonds. The Morgan fingerprint density at radius 2 is 2.19 bits per heavy atom. The molecule has 3 heteroatoms. The standard InChI is InChI=1S/C13H25NOS/c1-3-11(2)12(16)7-4-5-9-14-10-6-8-13(14)15/h11-12,16H,3-10H2,1-2H3. The molecule has 0 radical (unpaired) electrons. The fraction of sp³-hybridized carbons (Fsp3) is 0.923. The van der Waals surface area contributed by atoms with Crippen molar-refractivity contribution in [2.45, 2.75) is 57.6 Å². The van der Waals surface area contributed by atoms with Crippen LogP contribution in [0.5, 0.6) is 0 Å². The summed E-state index contributed by atoms with van der Waals surface area (Å²) in [4.78, 5) is 13.4. The molecule has 1 rings (SSSR count). The number of hydrogen-bond acceptors (Lipinski definition) is 2. The van der Waals surface area contributed by atoms with Gasteiger partial charge in [0.15, 0.2) is 0 Å². The van der Waals surface area contributed by atoms with Crippen LogP contribution in [0, 0.1) is 5.92 Å². The van der Waals surface area contributed by atoms with Crippen LogP contribution in [0.3, 0.4) is 0 Å². The van der Waals surface area contributed by atoms with Crippen LogP contribution < -0.4 is 0 Å². The summed E-state index contributed by atoms with van der Waals surface area (Å²) >= 11 is 4.63. The first-order valence-electron chi connectivity index (χ1n) is 6.61. The van der Waals surface area contributed by atoms with E-state index < -0.39 is 0 Å². The topological polar surface area (TPSA) is 20.3 Å². The van der Waals surface area contributed by atoms with E-state index in [4.69, 9.17) is 0 Å². The quantitative estimate of drug-likeness (QED) is 0.538. The van der Waals surface area contributed by atoms with Crippen LogP contribution in [-0.2, 0) is 4.79 Å². The molecule has 1 aliphatic heterocycles. The predicted molar refractivity (Wildman–Crippen MR) is 71.9 cm³/mol. The third-order valence-electron chi connectivity index (χ3n) is 3.65. The molecular formula is C13H25NOS. The summed E-state index contributed by atoms with van der Waals surface area (Å²) in [5.74, 6) is 1.06. The van der Waals surface area contributed by atoms with Crippen LogP contribution in [0.4, 0.5) is 0 Å². The van der Waals surface area contributed by atoms with E-state index in [0.29, 0.717) is 17.1 Å². The zero-order valence-corrected chi connectivity index (χ0v) is 11.5. The highest BCUT2D eigenvalue weighted by atomic mass is 32.1.